The first kappa shape index (κ1) is 13.4. The maximum atomic E-state index is 12.7. The van der Waals surface area contributed by atoms with E-state index in [0.29, 0.717) is 25.3 Å². The molecule has 1 unspecified atom stereocenters. The van der Waals surface area contributed by atoms with E-state index in [1.54, 1.807) is 6.07 Å². The lowest BCUT2D eigenvalue weighted by molar-refractivity contribution is -0.187. The lowest BCUT2D eigenvalue weighted by atomic mass is 9.97. The summed E-state index contributed by atoms with van der Waals surface area (Å²) in [5.41, 5.74) is 6.39. The fourth-order valence-electron chi connectivity index (χ4n) is 2.39. The van der Waals surface area contributed by atoms with Crippen molar-refractivity contribution in [3.05, 3.63) is 23.7 Å². The molecule has 1 aromatic rings. The minimum atomic E-state index is -4.09. The Balaban J connectivity index is 1.98. The van der Waals surface area contributed by atoms with Gasteiger partial charge in [0.25, 0.3) is 0 Å². The second-order valence-electron chi connectivity index (χ2n) is 4.69. The van der Waals surface area contributed by atoms with Crippen LogP contribution in [0.1, 0.15) is 24.2 Å². The van der Waals surface area contributed by atoms with Crippen molar-refractivity contribution in [2.45, 2.75) is 32.1 Å². The first-order chi connectivity index (χ1) is 8.50. The van der Waals surface area contributed by atoms with Gasteiger partial charge in [0, 0.05) is 18.7 Å². The molecule has 102 valence electrons. The number of rotatable bonds is 3. The zero-order valence-electron chi connectivity index (χ0n) is 10.0. The highest BCUT2D eigenvalue weighted by Crippen LogP contribution is 2.33. The van der Waals surface area contributed by atoms with Gasteiger partial charge < -0.3 is 10.2 Å². The number of hydrogen-bond acceptors (Lipinski definition) is 3. The molecule has 0 aliphatic carbocycles. The normalized spacial score (nSPS) is 22.3. The summed E-state index contributed by atoms with van der Waals surface area (Å²) < 4.78 is 43.2. The van der Waals surface area contributed by atoms with Crippen LogP contribution in [0.4, 0.5) is 13.2 Å². The van der Waals surface area contributed by atoms with Crippen LogP contribution in [0.2, 0.25) is 0 Å². The number of furan rings is 1. The smallest absolute Gasteiger partial charge is 0.393 e. The molecule has 1 aliphatic heterocycles. The molecule has 1 aromatic heterocycles. The van der Waals surface area contributed by atoms with E-state index < -0.39 is 12.1 Å². The molecule has 0 saturated carbocycles. The summed E-state index contributed by atoms with van der Waals surface area (Å²) >= 11 is 0. The first-order valence-electron chi connectivity index (χ1n) is 6.05. The predicted octanol–water partition coefficient (Wildman–Crippen LogP) is 2.51. The molecule has 1 atom stereocenters. The van der Waals surface area contributed by atoms with Gasteiger partial charge in [0.15, 0.2) is 0 Å². The summed E-state index contributed by atoms with van der Waals surface area (Å²) in [5.74, 6) is -0.552. The van der Waals surface area contributed by atoms with E-state index in [1.807, 2.05) is 4.90 Å². The van der Waals surface area contributed by atoms with Crippen LogP contribution in [0.3, 0.4) is 0 Å². The monoisotopic (exact) mass is 262 g/mol. The van der Waals surface area contributed by atoms with Crippen molar-refractivity contribution in [1.29, 1.82) is 0 Å². The van der Waals surface area contributed by atoms with Gasteiger partial charge in [0.2, 0.25) is 0 Å². The number of nitrogens with two attached hydrogens (primary N) is 1. The lowest BCUT2D eigenvalue weighted by Gasteiger charge is -2.33. The van der Waals surface area contributed by atoms with Gasteiger partial charge in [-0.2, -0.15) is 13.2 Å². The fourth-order valence-corrected chi connectivity index (χ4v) is 2.39. The largest absolute Gasteiger partial charge is 0.468 e. The van der Waals surface area contributed by atoms with Crippen molar-refractivity contribution in [2.24, 2.45) is 11.7 Å². The molecular weight excluding hydrogens is 245 g/mol. The highest BCUT2D eigenvalue weighted by molar-refractivity contribution is 5.16. The van der Waals surface area contributed by atoms with Crippen LogP contribution in [-0.4, -0.2) is 24.2 Å². The van der Waals surface area contributed by atoms with E-state index in [1.165, 1.54) is 6.26 Å². The molecule has 1 aliphatic rings. The van der Waals surface area contributed by atoms with Gasteiger partial charge in [-0.25, -0.2) is 0 Å². The van der Waals surface area contributed by atoms with Crippen LogP contribution in [-0.2, 0) is 13.1 Å². The predicted molar refractivity (Wildman–Crippen MR) is 60.7 cm³/mol. The molecule has 2 heterocycles. The van der Waals surface area contributed by atoms with E-state index in [9.17, 15) is 13.2 Å². The van der Waals surface area contributed by atoms with E-state index >= 15 is 0 Å². The molecule has 0 amide bonds. The van der Waals surface area contributed by atoms with Crippen molar-refractivity contribution in [3.63, 3.8) is 0 Å². The number of hydrogen-bond donors (Lipinski definition) is 1. The van der Waals surface area contributed by atoms with Crippen molar-refractivity contribution in [1.82, 2.24) is 4.90 Å². The van der Waals surface area contributed by atoms with Crippen LogP contribution in [0, 0.1) is 5.92 Å². The van der Waals surface area contributed by atoms with E-state index in [4.69, 9.17) is 10.2 Å². The molecule has 0 spiro atoms. The van der Waals surface area contributed by atoms with Crippen molar-refractivity contribution in [3.8, 4) is 0 Å². The molecule has 18 heavy (non-hydrogen) atoms. The maximum absolute atomic E-state index is 12.7. The zero-order chi connectivity index (χ0) is 13.2. The maximum Gasteiger partial charge on any atom is 0.393 e. The van der Waals surface area contributed by atoms with Gasteiger partial charge in [0.1, 0.15) is 5.76 Å². The summed E-state index contributed by atoms with van der Waals surface area (Å²) in [6.45, 7) is 1.52. The Morgan fingerprint density at radius 2 is 2.22 bits per heavy atom. The molecular formula is C12H17F3N2O. The van der Waals surface area contributed by atoms with Gasteiger partial charge in [0.05, 0.1) is 18.7 Å². The number of nitrogens with zero attached hydrogens (tertiary/aromatic N) is 1. The highest BCUT2D eigenvalue weighted by atomic mass is 19.4. The Hall–Kier alpha value is -1.01. The van der Waals surface area contributed by atoms with E-state index in [2.05, 4.69) is 0 Å². The highest BCUT2D eigenvalue weighted by Gasteiger charge is 2.41. The molecule has 6 heteroatoms. The number of alkyl halides is 3. The SMILES string of the molecule is NCc1occc1CN1CCCC(C(F)(F)F)C1. The van der Waals surface area contributed by atoms with Gasteiger partial charge in [-0.3, -0.25) is 4.90 Å². The summed E-state index contributed by atoms with van der Waals surface area (Å²) in [4.78, 5) is 1.83. The average molecular weight is 262 g/mol. The van der Waals surface area contributed by atoms with Crippen molar-refractivity contribution in [2.75, 3.05) is 13.1 Å². The third-order valence-corrected chi connectivity index (χ3v) is 3.39. The zero-order valence-corrected chi connectivity index (χ0v) is 10.0. The lowest BCUT2D eigenvalue weighted by Crippen LogP contribution is -2.41. The summed E-state index contributed by atoms with van der Waals surface area (Å²) in [6, 6.07) is 1.78. The standard InChI is InChI=1S/C12H17F3N2O/c13-12(14,15)10-2-1-4-17(8-10)7-9-3-5-18-11(9)6-16/h3,5,10H,1-2,4,6-8,16H2. The Kier molecular flexibility index (Phi) is 3.97. The van der Waals surface area contributed by atoms with Crippen molar-refractivity contribution < 1.29 is 17.6 Å². The Morgan fingerprint density at radius 1 is 1.44 bits per heavy atom. The van der Waals surface area contributed by atoms with Gasteiger partial charge in [-0.15, -0.1) is 0 Å². The molecule has 1 fully saturated rings. The first-order valence-corrected chi connectivity index (χ1v) is 6.05. The average Bonchev–Trinajstić information content (AvgIpc) is 2.75. The quantitative estimate of drug-likeness (QED) is 0.910. The minimum absolute atomic E-state index is 0.0681. The minimum Gasteiger partial charge on any atom is -0.468 e. The molecule has 0 bridgehead atoms. The van der Waals surface area contributed by atoms with Crippen LogP contribution in [0.25, 0.3) is 0 Å². The second-order valence-corrected chi connectivity index (χ2v) is 4.69. The van der Waals surface area contributed by atoms with Crippen molar-refractivity contribution >= 4 is 0 Å². The van der Waals surface area contributed by atoms with Crippen LogP contribution < -0.4 is 5.73 Å². The summed E-state index contributed by atoms with van der Waals surface area (Å²) in [5, 5.41) is 0. The Bertz CT molecular complexity index is 389. The van der Waals surface area contributed by atoms with E-state index in [-0.39, 0.29) is 19.5 Å². The molecule has 2 rings (SSSR count). The van der Waals surface area contributed by atoms with Crippen LogP contribution in [0.15, 0.2) is 16.7 Å². The fraction of sp³-hybridized carbons (Fsp3) is 0.667. The second kappa shape index (κ2) is 5.32. The van der Waals surface area contributed by atoms with E-state index in [0.717, 1.165) is 5.56 Å². The van der Waals surface area contributed by atoms with Gasteiger partial charge in [-0.05, 0) is 25.5 Å². The third-order valence-electron chi connectivity index (χ3n) is 3.39. The Morgan fingerprint density at radius 3 is 2.89 bits per heavy atom. The number of likely N-dealkylation sites (tertiary alicyclic amines) is 1. The number of piperidine rings is 1. The summed E-state index contributed by atoms with van der Waals surface area (Å²) in [6.07, 6.45) is -1.75. The van der Waals surface area contributed by atoms with Crippen LogP contribution in [0.5, 0.6) is 0 Å². The summed E-state index contributed by atoms with van der Waals surface area (Å²) in [7, 11) is 0. The molecule has 3 nitrogen and oxygen atoms in total. The third kappa shape index (κ3) is 3.05. The Labute approximate surface area is 104 Å². The molecule has 1 saturated heterocycles. The molecule has 0 aromatic carbocycles. The number of halogens is 3. The molecule has 0 radical (unpaired) electrons. The van der Waals surface area contributed by atoms with Gasteiger partial charge >= 0.3 is 6.18 Å². The van der Waals surface area contributed by atoms with Crippen LogP contribution >= 0.6 is 0 Å². The molecule has 2 N–H and O–H groups in total. The van der Waals surface area contributed by atoms with Gasteiger partial charge in [-0.1, -0.05) is 0 Å². The topological polar surface area (TPSA) is 42.4 Å².